The molecule has 0 radical (unpaired) electrons. The zero-order valence-corrected chi connectivity index (χ0v) is 14.4. The Kier molecular flexibility index (Phi) is 5.35. The Morgan fingerprint density at radius 1 is 1.20 bits per heavy atom. The number of benzene rings is 1. The molecule has 0 aliphatic carbocycles. The lowest BCUT2D eigenvalue weighted by Crippen LogP contribution is -2.31. The van der Waals surface area contributed by atoms with Gasteiger partial charge in [0.25, 0.3) is 5.91 Å². The Bertz CT molecular complexity index is 749. The summed E-state index contributed by atoms with van der Waals surface area (Å²) in [5.74, 6) is 1.35. The maximum atomic E-state index is 12.1. The van der Waals surface area contributed by atoms with Crippen LogP contribution in [0.15, 0.2) is 36.5 Å². The Morgan fingerprint density at radius 2 is 2.04 bits per heavy atom. The Labute approximate surface area is 147 Å². The monoisotopic (exact) mass is 342 g/mol. The zero-order valence-electron chi connectivity index (χ0n) is 14.4. The summed E-state index contributed by atoms with van der Waals surface area (Å²) in [6.07, 6.45) is 1.63. The zero-order chi connectivity index (χ0) is 17.6. The van der Waals surface area contributed by atoms with Gasteiger partial charge in [0.05, 0.1) is 0 Å². The van der Waals surface area contributed by atoms with E-state index in [0.717, 1.165) is 29.3 Å². The van der Waals surface area contributed by atoms with Gasteiger partial charge in [0.15, 0.2) is 11.5 Å². The number of carbonyl (C=O) groups is 1. The number of anilines is 1. The molecule has 3 rings (SSSR count). The van der Waals surface area contributed by atoms with E-state index in [1.165, 1.54) is 0 Å². The van der Waals surface area contributed by atoms with Gasteiger partial charge in [-0.25, -0.2) is 0 Å². The minimum atomic E-state index is -0.173. The van der Waals surface area contributed by atoms with Crippen LogP contribution in [0.4, 0.5) is 5.69 Å². The fraction of sp³-hybridized carbons (Fsp3) is 0.333. The Morgan fingerprint density at radius 3 is 2.88 bits per heavy atom. The number of pyridine rings is 1. The van der Waals surface area contributed by atoms with E-state index in [9.17, 15) is 4.79 Å². The van der Waals surface area contributed by atoms with Gasteiger partial charge in [-0.15, -0.1) is 0 Å². The van der Waals surface area contributed by atoms with Gasteiger partial charge < -0.3 is 25.0 Å². The number of fused-ring (bicyclic) bond motifs is 1. The van der Waals surface area contributed by atoms with Crippen molar-refractivity contribution < 1.29 is 14.3 Å². The molecule has 1 aliphatic heterocycles. The lowest BCUT2D eigenvalue weighted by atomic mass is 10.2. The molecule has 0 spiro atoms. The highest BCUT2D eigenvalue weighted by atomic mass is 16.7. The summed E-state index contributed by atoms with van der Waals surface area (Å²) >= 11 is 0. The molecule has 0 fully saturated rings. The van der Waals surface area contributed by atoms with Crippen molar-refractivity contribution in [1.29, 1.82) is 0 Å². The number of aromatic nitrogens is 1. The highest BCUT2D eigenvalue weighted by Gasteiger charge is 2.13. The predicted octanol–water partition coefficient (Wildman–Crippen LogP) is 1.71. The second kappa shape index (κ2) is 7.85. The van der Waals surface area contributed by atoms with E-state index in [1.54, 1.807) is 12.3 Å². The predicted molar refractivity (Wildman–Crippen MR) is 95.0 cm³/mol. The van der Waals surface area contributed by atoms with E-state index >= 15 is 0 Å². The molecule has 7 heteroatoms. The number of hydrogen-bond donors (Lipinski definition) is 2. The van der Waals surface area contributed by atoms with Crippen molar-refractivity contribution >= 4 is 11.6 Å². The number of amides is 1. The third-order valence-electron chi connectivity index (χ3n) is 3.77. The van der Waals surface area contributed by atoms with Crippen LogP contribution in [-0.4, -0.2) is 49.8 Å². The largest absolute Gasteiger partial charge is 0.454 e. The molecule has 0 atom stereocenters. The van der Waals surface area contributed by atoms with E-state index in [2.05, 4.69) is 15.6 Å². The number of nitrogens with zero attached hydrogens (tertiary/aromatic N) is 2. The Balaban J connectivity index is 1.57. The first-order chi connectivity index (χ1) is 12.1. The van der Waals surface area contributed by atoms with E-state index in [0.29, 0.717) is 18.8 Å². The number of likely N-dealkylation sites (N-methyl/N-ethyl adjacent to an activating group) is 1. The van der Waals surface area contributed by atoms with Crippen LogP contribution in [0.25, 0.3) is 0 Å². The molecule has 25 heavy (non-hydrogen) atoms. The normalized spacial score (nSPS) is 12.3. The molecule has 0 saturated heterocycles. The third kappa shape index (κ3) is 4.60. The SMILES string of the molecule is CN(C)CCNC(=O)c1cc(NCc2ccc3c(c2)OCO3)ccn1. The maximum absolute atomic E-state index is 12.1. The number of carbonyl (C=O) groups excluding carboxylic acids is 1. The fourth-order valence-corrected chi connectivity index (χ4v) is 2.40. The molecule has 132 valence electrons. The molecule has 2 aromatic rings. The molecule has 1 aliphatic rings. The second-order valence-corrected chi connectivity index (χ2v) is 6.03. The molecule has 1 aromatic carbocycles. The lowest BCUT2D eigenvalue weighted by Gasteiger charge is -2.11. The minimum absolute atomic E-state index is 0.173. The number of rotatable bonds is 7. The highest BCUT2D eigenvalue weighted by molar-refractivity contribution is 5.93. The smallest absolute Gasteiger partial charge is 0.269 e. The molecule has 1 aromatic heterocycles. The van der Waals surface area contributed by atoms with Crippen molar-refractivity contribution in [3.05, 3.63) is 47.8 Å². The molecule has 1 amide bonds. The summed E-state index contributed by atoms with van der Waals surface area (Å²) in [6, 6.07) is 9.42. The first-order valence-electron chi connectivity index (χ1n) is 8.13. The van der Waals surface area contributed by atoms with Gasteiger partial charge in [0.2, 0.25) is 6.79 Å². The molecule has 0 bridgehead atoms. The molecule has 0 saturated carbocycles. The van der Waals surface area contributed by atoms with Crippen LogP contribution in [-0.2, 0) is 6.54 Å². The second-order valence-electron chi connectivity index (χ2n) is 6.03. The van der Waals surface area contributed by atoms with Crippen molar-refractivity contribution in [3.8, 4) is 11.5 Å². The van der Waals surface area contributed by atoms with Crippen LogP contribution < -0.4 is 20.1 Å². The van der Waals surface area contributed by atoms with Crippen LogP contribution in [0.3, 0.4) is 0 Å². The van der Waals surface area contributed by atoms with Gasteiger partial charge in [-0.2, -0.15) is 0 Å². The molecular formula is C18H22N4O3. The summed E-state index contributed by atoms with van der Waals surface area (Å²) in [7, 11) is 3.93. The van der Waals surface area contributed by atoms with Crippen LogP contribution in [0, 0.1) is 0 Å². The standard InChI is InChI=1S/C18H22N4O3/c1-22(2)8-7-20-18(23)15-10-14(5-6-19-15)21-11-13-3-4-16-17(9-13)25-12-24-16/h3-6,9-10H,7-8,11-12H2,1-2H3,(H,19,21)(H,20,23). The fourth-order valence-electron chi connectivity index (χ4n) is 2.40. The average Bonchev–Trinajstić information content (AvgIpc) is 3.07. The highest BCUT2D eigenvalue weighted by Crippen LogP contribution is 2.32. The van der Waals surface area contributed by atoms with Crippen molar-refractivity contribution in [2.75, 3.05) is 39.3 Å². The van der Waals surface area contributed by atoms with Crippen LogP contribution in [0.1, 0.15) is 16.1 Å². The molecule has 0 unspecified atom stereocenters. The van der Waals surface area contributed by atoms with Crippen LogP contribution >= 0.6 is 0 Å². The van der Waals surface area contributed by atoms with Gasteiger partial charge in [-0.1, -0.05) is 6.07 Å². The molecular weight excluding hydrogens is 320 g/mol. The number of hydrogen-bond acceptors (Lipinski definition) is 6. The molecule has 2 N–H and O–H groups in total. The summed E-state index contributed by atoms with van der Waals surface area (Å²) in [5.41, 5.74) is 2.30. The van der Waals surface area contributed by atoms with Gasteiger partial charge in [-0.05, 0) is 43.9 Å². The van der Waals surface area contributed by atoms with Crippen molar-refractivity contribution in [1.82, 2.24) is 15.2 Å². The minimum Gasteiger partial charge on any atom is -0.454 e. The van der Waals surface area contributed by atoms with E-state index in [4.69, 9.17) is 9.47 Å². The van der Waals surface area contributed by atoms with Crippen molar-refractivity contribution in [2.24, 2.45) is 0 Å². The van der Waals surface area contributed by atoms with Crippen molar-refractivity contribution in [3.63, 3.8) is 0 Å². The Hall–Kier alpha value is -2.80. The van der Waals surface area contributed by atoms with E-state index < -0.39 is 0 Å². The summed E-state index contributed by atoms with van der Waals surface area (Å²) in [4.78, 5) is 18.3. The van der Waals surface area contributed by atoms with E-state index in [1.807, 2.05) is 43.3 Å². The maximum Gasteiger partial charge on any atom is 0.269 e. The molecule has 7 nitrogen and oxygen atoms in total. The van der Waals surface area contributed by atoms with Crippen LogP contribution in [0.2, 0.25) is 0 Å². The van der Waals surface area contributed by atoms with Gasteiger partial charge in [0.1, 0.15) is 5.69 Å². The summed E-state index contributed by atoms with van der Waals surface area (Å²) in [5, 5.41) is 6.16. The average molecular weight is 342 g/mol. The van der Waals surface area contributed by atoms with Crippen LogP contribution in [0.5, 0.6) is 11.5 Å². The van der Waals surface area contributed by atoms with Crippen molar-refractivity contribution in [2.45, 2.75) is 6.54 Å². The van der Waals surface area contributed by atoms with E-state index in [-0.39, 0.29) is 12.7 Å². The summed E-state index contributed by atoms with van der Waals surface area (Å²) < 4.78 is 10.7. The van der Waals surface area contributed by atoms with Gasteiger partial charge in [-0.3, -0.25) is 9.78 Å². The van der Waals surface area contributed by atoms with Gasteiger partial charge in [0, 0.05) is 31.5 Å². The summed E-state index contributed by atoms with van der Waals surface area (Å²) in [6.45, 7) is 2.25. The lowest BCUT2D eigenvalue weighted by molar-refractivity contribution is 0.0946. The van der Waals surface area contributed by atoms with Gasteiger partial charge >= 0.3 is 0 Å². The molecule has 2 heterocycles. The third-order valence-corrected chi connectivity index (χ3v) is 3.77. The number of nitrogens with one attached hydrogen (secondary N) is 2. The first kappa shape index (κ1) is 17.0. The first-order valence-corrected chi connectivity index (χ1v) is 8.13. The quantitative estimate of drug-likeness (QED) is 0.798. The number of ether oxygens (including phenoxy) is 2. The topological polar surface area (TPSA) is 75.7 Å².